The fourth-order valence-electron chi connectivity index (χ4n) is 2.28. The van der Waals surface area contributed by atoms with Crippen LogP contribution in [0.15, 0.2) is 47.4 Å². The molecule has 0 saturated carbocycles. The van der Waals surface area contributed by atoms with E-state index >= 15 is 0 Å². The number of hydrogen-bond acceptors (Lipinski definition) is 4. The third-order valence-corrected chi connectivity index (χ3v) is 5.53. The van der Waals surface area contributed by atoms with Gasteiger partial charge in [0.2, 0.25) is 5.91 Å². The Labute approximate surface area is 154 Å². The molecule has 0 saturated heterocycles. The highest BCUT2D eigenvalue weighted by atomic mass is 35.5. The number of fused-ring (bicyclic) bond motifs is 1. The first-order chi connectivity index (χ1) is 11.5. The molecule has 0 bridgehead atoms. The van der Waals surface area contributed by atoms with Gasteiger partial charge in [0.1, 0.15) is 5.52 Å². The average molecular weight is 377 g/mol. The Bertz CT molecular complexity index is 859. The molecule has 0 atom stereocenters. The highest BCUT2D eigenvalue weighted by Crippen LogP contribution is 2.30. The number of nitrogens with one attached hydrogen (secondary N) is 1. The summed E-state index contributed by atoms with van der Waals surface area (Å²) in [7, 11) is 0. The van der Waals surface area contributed by atoms with Gasteiger partial charge < -0.3 is 5.32 Å². The van der Waals surface area contributed by atoms with Gasteiger partial charge in [-0.25, -0.2) is 4.98 Å². The van der Waals surface area contributed by atoms with Crippen LogP contribution in [0.2, 0.25) is 5.02 Å². The molecule has 0 fully saturated rings. The number of thiazole rings is 1. The Morgan fingerprint density at radius 3 is 2.67 bits per heavy atom. The molecule has 1 aromatic heterocycles. The zero-order valence-corrected chi connectivity index (χ0v) is 15.8. The lowest BCUT2D eigenvalue weighted by atomic mass is 10.1. The Morgan fingerprint density at radius 2 is 2.00 bits per heavy atom. The van der Waals surface area contributed by atoms with Gasteiger partial charge >= 0.3 is 0 Å². The molecule has 2 aromatic carbocycles. The molecule has 24 heavy (non-hydrogen) atoms. The summed E-state index contributed by atoms with van der Waals surface area (Å²) in [6, 6.07) is 13.7. The number of hydrogen-bond donors (Lipinski definition) is 1. The van der Waals surface area contributed by atoms with Gasteiger partial charge in [-0.1, -0.05) is 55.0 Å². The molecule has 3 nitrogen and oxygen atoms in total. The largest absolute Gasteiger partial charge is 0.302 e. The predicted molar refractivity (Wildman–Crippen MR) is 104 cm³/mol. The molecular weight excluding hydrogens is 360 g/mol. The van der Waals surface area contributed by atoms with Crippen molar-refractivity contribution in [3.8, 4) is 0 Å². The lowest BCUT2D eigenvalue weighted by Gasteiger charge is -2.06. The minimum absolute atomic E-state index is 0.0746. The second kappa shape index (κ2) is 7.55. The quantitative estimate of drug-likeness (QED) is 0.586. The van der Waals surface area contributed by atoms with Gasteiger partial charge in [-0.3, -0.25) is 4.79 Å². The van der Waals surface area contributed by atoms with Crippen molar-refractivity contribution in [2.75, 3.05) is 5.32 Å². The lowest BCUT2D eigenvalue weighted by Crippen LogP contribution is -2.14. The van der Waals surface area contributed by atoms with Crippen LogP contribution >= 0.6 is 34.7 Å². The molecule has 1 heterocycles. The van der Waals surface area contributed by atoms with E-state index in [2.05, 4.69) is 36.3 Å². The summed E-state index contributed by atoms with van der Waals surface area (Å²) >= 11 is 9.36. The molecule has 6 heteroatoms. The van der Waals surface area contributed by atoms with E-state index in [1.54, 1.807) is 6.07 Å². The summed E-state index contributed by atoms with van der Waals surface area (Å²) in [6.07, 6.45) is 0.330. The summed E-state index contributed by atoms with van der Waals surface area (Å²) < 4.78 is 0.966. The van der Waals surface area contributed by atoms with Crippen molar-refractivity contribution in [2.45, 2.75) is 30.4 Å². The summed E-state index contributed by atoms with van der Waals surface area (Å²) in [5.74, 6) is -0.0746. The SMILES string of the molecule is CC(C)Sc1ccc(CC(=O)Nc2nc3c(Cl)cccc3s2)cc1. The molecule has 0 radical (unpaired) electrons. The molecular formula is C18H17ClN2OS2. The van der Waals surface area contributed by atoms with Gasteiger partial charge in [0.25, 0.3) is 0 Å². The van der Waals surface area contributed by atoms with Gasteiger partial charge in [0.05, 0.1) is 16.1 Å². The number of aromatic nitrogens is 1. The fourth-order valence-corrected chi connectivity index (χ4v) is 4.29. The Morgan fingerprint density at radius 1 is 1.25 bits per heavy atom. The van der Waals surface area contributed by atoms with Gasteiger partial charge in [-0.05, 0) is 29.8 Å². The van der Waals surface area contributed by atoms with E-state index in [1.165, 1.54) is 16.2 Å². The van der Waals surface area contributed by atoms with Crippen LogP contribution in [-0.2, 0) is 11.2 Å². The third kappa shape index (κ3) is 4.29. The van der Waals surface area contributed by atoms with Crippen molar-refractivity contribution in [3.63, 3.8) is 0 Å². The normalized spacial score (nSPS) is 11.2. The first-order valence-corrected chi connectivity index (χ1v) is 9.69. The Hall–Kier alpha value is -1.56. The number of anilines is 1. The van der Waals surface area contributed by atoms with Crippen molar-refractivity contribution in [1.29, 1.82) is 0 Å². The first kappa shape index (κ1) is 17.3. The van der Waals surface area contributed by atoms with Gasteiger partial charge in [-0.15, -0.1) is 11.8 Å². The van der Waals surface area contributed by atoms with E-state index < -0.39 is 0 Å². The van der Waals surface area contributed by atoms with Crippen LogP contribution in [-0.4, -0.2) is 16.1 Å². The van der Waals surface area contributed by atoms with Crippen molar-refractivity contribution >= 4 is 56.0 Å². The van der Waals surface area contributed by atoms with E-state index in [-0.39, 0.29) is 5.91 Å². The number of carbonyl (C=O) groups is 1. The molecule has 3 rings (SSSR count). The summed E-state index contributed by atoms with van der Waals surface area (Å²) in [6.45, 7) is 4.33. The molecule has 124 valence electrons. The van der Waals surface area contributed by atoms with Crippen molar-refractivity contribution in [2.24, 2.45) is 0 Å². The highest BCUT2D eigenvalue weighted by Gasteiger charge is 2.10. The standard InChI is InChI=1S/C18H17ClN2OS2/c1-11(2)23-13-8-6-12(7-9-13)10-16(22)20-18-21-17-14(19)4-3-5-15(17)24-18/h3-9,11H,10H2,1-2H3,(H,20,21,22). The number of carbonyl (C=O) groups excluding carboxylic acids is 1. The molecule has 3 aromatic rings. The van der Waals surface area contributed by atoms with Gasteiger partial charge in [-0.2, -0.15) is 0 Å². The van der Waals surface area contributed by atoms with Crippen LogP contribution in [0, 0.1) is 0 Å². The van der Waals surface area contributed by atoms with Crippen molar-refractivity contribution in [3.05, 3.63) is 53.1 Å². The average Bonchev–Trinajstić information content (AvgIpc) is 2.92. The number of halogens is 1. The highest BCUT2D eigenvalue weighted by molar-refractivity contribution is 7.99. The maximum absolute atomic E-state index is 12.2. The van der Waals surface area contributed by atoms with Gasteiger partial charge in [0, 0.05) is 10.1 Å². The molecule has 1 N–H and O–H groups in total. The summed E-state index contributed by atoms with van der Waals surface area (Å²) in [5.41, 5.74) is 1.72. The third-order valence-electron chi connectivity index (χ3n) is 3.28. The second-order valence-corrected chi connectivity index (χ2v) is 8.73. The maximum Gasteiger partial charge on any atom is 0.230 e. The smallest absolute Gasteiger partial charge is 0.230 e. The molecule has 0 unspecified atom stereocenters. The zero-order chi connectivity index (χ0) is 17.1. The molecule has 0 aliphatic rings. The molecule has 0 aliphatic heterocycles. The van der Waals surface area contributed by atoms with E-state index in [0.717, 1.165) is 15.8 Å². The number of amides is 1. The van der Waals surface area contributed by atoms with Crippen LogP contribution < -0.4 is 5.32 Å². The van der Waals surface area contributed by atoms with Crippen LogP contribution in [0.4, 0.5) is 5.13 Å². The number of rotatable bonds is 5. The van der Waals surface area contributed by atoms with E-state index in [4.69, 9.17) is 11.6 Å². The molecule has 0 aliphatic carbocycles. The van der Waals surface area contributed by atoms with Crippen LogP contribution in [0.5, 0.6) is 0 Å². The number of para-hydroxylation sites is 1. The monoisotopic (exact) mass is 376 g/mol. The van der Waals surface area contributed by atoms with Crippen LogP contribution in [0.3, 0.4) is 0 Å². The van der Waals surface area contributed by atoms with Gasteiger partial charge in [0.15, 0.2) is 5.13 Å². The summed E-state index contributed by atoms with van der Waals surface area (Å²) in [4.78, 5) is 17.8. The van der Waals surface area contributed by atoms with Crippen LogP contribution in [0.1, 0.15) is 19.4 Å². The van der Waals surface area contributed by atoms with Crippen molar-refractivity contribution < 1.29 is 4.79 Å². The van der Waals surface area contributed by atoms with Crippen LogP contribution in [0.25, 0.3) is 10.2 Å². The summed E-state index contributed by atoms with van der Waals surface area (Å²) in [5, 5.41) is 4.58. The second-order valence-electron chi connectivity index (χ2n) is 5.64. The Balaban J connectivity index is 1.65. The first-order valence-electron chi connectivity index (χ1n) is 7.62. The van der Waals surface area contributed by atoms with E-state index in [9.17, 15) is 4.79 Å². The maximum atomic E-state index is 12.2. The number of benzene rings is 2. The zero-order valence-electron chi connectivity index (χ0n) is 13.4. The molecule has 1 amide bonds. The minimum Gasteiger partial charge on any atom is -0.302 e. The van der Waals surface area contributed by atoms with E-state index in [1.807, 2.05) is 36.0 Å². The number of thioether (sulfide) groups is 1. The number of nitrogens with zero attached hydrogens (tertiary/aromatic N) is 1. The fraction of sp³-hybridized carbons (Fsp3) is 0.222. The van der Waals surface area contributed by atoms with Crippen molar-refractivity contribution in [1.82, 2.24) is 4.98 Å². The predicted octanol–water partition coefficient (Wildman–Crippen LogP) is 5.63. The lowest BCUT2D eigenvalue weighted by molar-refractivity contribution is -0.115. The van der Waals surface area contributed by atoms with E-state index in [0.29, 0.717) is 21.8 Å². The topological polar surface area (TPSA) is 42.0 Å². The molecule has 0 spiro atoms. The Kier molecular flexibility index (Phi) is 5.43. The minimum atomic E-state index is -0.0746.